The molecule has 20 heavy (non-hydrogen) atoms. The molecule has 0 spiro atoms. The van der Waals surface area contributed by atoms with Gasteiger partial charge >= 0.3 is 0 Å². The molecule has 0 aliphatic carbocycles. The van der Waals surface area contributed by atoms with Gasteiger partial charge < -0.3 is 5.43 Å². The number of aryl methyl sites for hydroxylation is 2. The van der Waals surface area contributed by atoms with Gasteiger partial charge in [-0.1, -0.05) is 11.8 Å². The van der Waals surface area contributed by atoms with Crippen LogP contribution in [0.4, 0.5) is 5.82 Å². The number of rotatable bonds is 4. The van der Waals surface area contributed by atoms with Gasteiger partial charge in [0.25, 0.3) is 0 Å². The Labute approximate surface area is 128 Å². The van der Waals surface area contributed by atoms with Crippen LogP contribution in [-0.2, 0) is 5.75 Å². The molecule has 3 heterocycles. The summed E-state index contributed by atoms with van der Waals surface area (Å²) in [6, 6.07) is 0. The zero-order valence-corrected chi connectivity index (χ0v) is 13.3. The summed E-state index contributed by atoms with van der Waals surface area (Å²) >= 11 is 4.61. The summed E-state index contributed by atoms with van der Waals surface area (Å²) in [5, 5.41) is 1.01. The van der Waals surface area contributed by atoms with Crippen molar-refractivity contribution < 1.29 is 0 Å². The van der Waals surface area contributed by atoms with E-state index in [-0.39, 0.29) is 0 Å². The van der Waals surface area contributed by atoms with Crippen LogP contribution >= 0.6 is 34.6 Å². The predicted octanol–water partition coefficient (Wildman–Crippen LogP) is 2.74. The van der Waals surface area contributed by atoms with Crippen LogP contribution in [0.25, 0.3) is 10.2 Å². The first-order chi connectivity index (χ1) is 9.69. The first-order valence-corrected chi connectivity index (χ1v) is 8.39. The molecule has 0 aliphatic heterocycles. The lowest BCUT2D eigenvalue weighted by Gasteiger charge is -2.05. The Morgan fingerprint density at radius 2 is 2.20 bits per heavy atom. The van der Waals surface area contributed by atoms with Gasteiger partial charge in [0.2, 0.25) is 0 Å². The Bertz CT molecular complexity index is 736. The van der Waals surface area contributed by atoms with Gasteiger partial charge in [0, 0.05) is 4.88 Å². The number of nitrogens with one attached hydrogen (secondary N) is 1. The Hall–Kier alpha value is -1.29. The number of hydrazine groups is 1. The molecule has 3 N–H and O–H groups in total. The Morgan fingerprint density at radius 3 is 2.90 bits per heavy atom. The molecule has 0 radical (unpaired) electrons. The van der Waals surface area contributed by atoms with Gasteiger partial charge in [0.1, 0.15) is 17.0 Å². The number of nitrogen functional groups attached to an aromatic ring is 1. The summed E-state index contributed by atoms with van der Waals surface area (Å²) in [6.07, 6.45) is 1.55. The smallest absolute Gasteiger partial charge is 0.170 e. The maximum atomic E-state index is 5.59. The monoisotopic (exact) mass is 324 g/mol. The average Bonchev–Trinajstić information content (AvgIpc) is 3.05. The molecule has 3 rings (SSSR count). The molecule has 0 atom stereocenters. The second-order valence-corrected chi connectivity index (χ2v) is 7.30. The molecule has 0 saturated heterocycles. The second kappa shape index (κ2) is 5.60. The van der Waals surface area contributed by atoms with Crippen molar-refractivity contribution in [2.45, 2.75) is 23.9 Å². The van der Waals surface area contributed by atoms with Crippen LogP contribution in [0.1, 0.15) is 16.3 Å². The number of thiophene rings is 1. The Balaban J connectivity index is 1.96. The fraction of sp³-hybridized carbons (Fsp3) is 0.273. The second-order valence-electron chi connectivity index (χ2n) is 4.09. The van der Waals surface area contributed by atoms with E-state index in [4.69, 9.17) is 5.84 Å². The van der Waals surface area contributed by atoms with Crippen LogP contribution in [0, 0.1) is 13.8 Å². The van der Waals surface area contributed by atoms with Crippen molar-refractivity contribution in [1.82, 2.24) is 19.3 Å². The van der Waals surface area contributed by atoms with Gasteiger partial charge in [-0.25, -0.2) is 20.8 Å². The molecule has 0 bridgehead atoms. The number of hydrogen-bond acceptors (Lipinski definition) is 9. The lowest BCUT2D eigenvalue weighted by atomic mass is 10.2. The zero-order valence-electron chi connectivity index (χ0n) is 10.9. The zero-order chi connectivity index (χ0) is 14.1. The molecule has 6 nitrogen and oxygen atoms in total. The number of fused-ring (bicyclic) bond motifs is 1. The predicted molar refractivity (Wildman–Crippen MR) is 84.2 cm³/mol. The number of nitrogens with two attached hydrogens (primary N) is 1. The summed E-state index contributed by atoms with van der Waals surface area (Å²) in [4.78, 5) is 15.4. The van der Waals surface area contributed by atoms with Crippen molar-refractivity contribution in [2.24, 2.45) is 5.84 Å². The standard InChI is InChI=1S/C11H12N6S3/c1-5-6(2)19-10-8(5)9(17-12)15-7(16-10)3-18-11-13-4-14-20-11/h4H,3,12H2,1-2H3,(H,15,16,17). The summed E-state index contributed by atoms with van der Waals surface area (Å²) in [7, 11) is 0. The molecule has 3 aromatic rings. The van der Waals surface area contributed by atoms with Gasteiger partial charge in [-0.2, -0.15) is 4.37 Å². The van der Waals surface area contributed by atoms with Crippen LogP contribution < -0.4 is 11.3 Å². The van der Waals surface area contributed by atoms with Crippen molar-refractivity contribution >= 4 is 50.7 Å². The van der Waals surface area contributed by atoms with Crippen molar-refractivity contribution in [3.63, 3.8) is 0 Å². The molecule has 0 aliphatic rings. The topological polar surface area (TPSA) is 89.6 Å². The minimum atomic E-state index is 0.649. The SMILES string of the molecule is Cc1sc2nc(CSc3ncns3)nc(NN)c2c1C. The Morgan fingerprint density at radius 1 is 1.35 bits per heavy atom. The number of anilines is 1. The average molecular weight is 324 g/mol. The summed E-state index contributed by atoms with van der Waals surface area (Å²) in [6.45, 7) is 4.14. The van der Waals surface area contributed by atoms with E-state index in [1.807, 2.05) is 0 Å². The van der Waals surface area contributed by atoms with Gasteiger partial charge in [0.15, 0.2) is 10.2 Å². The molecule has 0 fully saturated rings. The van der Waals surface area contributed by atoms with Gasteiger partial charge in [-0.05, 0) is 30.9 Å². The first-order valence-electron chi connectivity index (χ1n) is 5.81. The maximum Gasteiger partial charge on any atom is 0.170 e. The van der Waals surface area contributed by atoms with E-state index in [1.165, 1.54) is 22.0 Å². The minimum Gasteiger partial charge on any atom is -0.308 e. The van der Waals surface area contributed by atoms with Crippen LogP contribution in [-0.4, -0.2) is 19.3 Å². The van der Waals surface area contributed by atoms with Crippen molar-refractivity contribution in [3.05, 3.63) is 22.6 Å². The van der Waals surface area contributed by atoms with E-state index < -0.39 is 0 Å². The third-order valence-electron chi connectivity index (χ3n) is 2.88. The van der Waals surface area contributed by atoms with E-state index in [2.05, 4.69) is 38.6 Å². The normalized spacial score (nSPS) is 11.2. The van der Waals surface area contributed by atoms with Crippen LogP contribution in [0.2, 0.25) is 0 Å². The minimum absolute atomic E-state index is 0.649. The fourth-order valence-corrected chi connectivity index (χ4v) is 4.16. The molecule has 0 amide bonds. The highest BCUT2D eigenvalue weighted by atomic mass is 32.2. The van der Waals surface area contributed by atoms with Crippen molar-refractivity contribution in [3.8, 4) is 0 Å². The van der Waals surface area contributed by atoms with Gasteiger partial charge in [0.05, 0.1) is 11.1 Å². The van der Waals surface area contributed by atoms with E-state index in [0.29, 0.717) is 11.6 Å². The van der Waals surface area contributed by atoms with Gasteiger partial charge in [-0.15, -0.1) is 11.3 Å². The largest absolute Gasteiger partial charge is 0.308 e. The number of thioether (sulfide) groups is 1. The summed E-state index contributed by atoms with van der Waals surface area (Å²) < 4.78 is 4.88. The molecule has 3 aromatic heterocycles. The lowest BCUT2D eigenvalue weighted by molar-refractivity contribution is 1.06. The lowest BCUT2D eigenvalue weighted by Crippen LogP contribution is -2.10. The molecular formula is C11H12N6S3. The van der Waals surface area contributed by atoms with Gasteiger partial charge in [-0.3, -0.25) is 0 Å². The van der Waals surface area contributed by atoms with E-state index in [9.17, 15) is 0 Å². The molecule has 0 saturated carbocycles. The van der Waals surface area contributed by atoms with E-state index in [1.54, 1.807) is 29.4 Å². The number of aromatic nitrogens is 4. The molecule has 9 heteroatoms. The Kier molecular flexibility index (Phi) is 3.83. The highest BCUT2D eigenvalue weighted by molar-refractivity contribution is 8.00. The summed E-state index contributed by atoms with van der Waals surface area (Å²) in [5.74, 6) is 7.67. The van der Waals surface area contributed by atoms with E-state index >= 15 is 0 Å². The van der Waals surface area contributed by atoms with Crippen molar-refractivity contribution in [2.75, 3.05) is 5.43 Å². The van der Waals surface area contributed by atoms with Crippen molar-refractivity contribution in [1.29, 1.82) is 0 Å². The van der Waals surface area contributed by atoms with Crippen LogP contribution in [0.15, 0.2) is 10.7 Å². The highest BCUT2D eigenvalue weighted by Gasteiger charge is 2.14. The summed E-state index contributed by atoms with van der Waals surface area (Å²) in [5.41, 5.74) is 3.86. The van der Waals surface area contributed by atoms with Crippen LogP contribution in [0.3, 0.4) is 0 Å². The molecule has 104 valence electrons. The highest BCUT2D eigenvalue weighted by Crippen LogP contribution is 2.33. The fourth-order valence-electron chi connectivity index (χ4n) is 1.82. The molecule has 0 unspecified atom stereocenters. The first kappa shape index (κ1) is 13.7. The quantitative estimate of drug-likeness (QED) is 0.433. The molecule has 0 aromatic carbocycles. The number of nitrogens with zero attached hydrogens (tertiary/aromatic N) is 4. The van der Waals surface area contributed by atoms with Crippen LogP contribution in [0.5, 0.6) is 0 Å². The number of hydrogen-bond donors (Lipinski definition) is 2. The molecular weight excluding hydrogens is 312 g/mol. The third kappa shape index (κ3) is 2.49. The third-order valence-corrected chi connectivity index (χ3v) is 5.77. The maximum absolute atomic E-state index is 5.59. The van der Waals surface area contributed by atoms with E-state index in [0.717, 1.165) is 20.4 Å².